The van der Waals surface area contributed by atoms with Crippen LogP contribution < -0.4 is 10.1 Å². The van der Waals surface area contributed by atoms with Gasteiger partial charge in [0.25, 0.3) is 5.91 Å². The Morgan fingerprint density at radius 2 is 2.09 bits per heavy atom. The van der Waals surface area contributed by atoms with E-state index in [-0.39, 0.29) is 6.61 Å². The summed E-state index contributed by atoms with van der Waals surface area (Å²) in [5.74, 6) is -0.581. The maximum Gasteiger partial charge on any atom is 0.350 e. The van der Waals surface area contributed by atoms with Crippen molar-refractivity contribution in [3.8, 4) is 5.75 Å². The Balaban J connectivity index is 1.96. The lowest BCUT2D eigenvalue weighted by Crippen LogP contribution is -2.20. The molecule has 0 saturated carbocycles. The normalized spacial score (nSPS) is 10.3. The Kier molecular flexibility index (Phi) is 5.81. The molecule has 0 atom stereocenters. The van der Waals surface area contributed by atoms with E-state index in [9.17, 15) is 9.59 Å². The van der Waals surface area contributed by atoms with Gasteiger partial charge in [0.1, 0.15) is 10.6 Å². The van der Waals surface area contributed by atoms with Gasteiger partial charge < -0.3 is 9.47 Å². The molecule has 1 aromatic carbocycles. The number of hydrogen-bond acceptors (Lipinski definition) is 6. The zero-order chi connectivity index (χ0) is 17.0. The molecule has 0 spiro atoms. The third-order valence-corrected chi connectivity index (χ3v) is 4.25. The van der Waals surface area contributed by atoms with Crippen LogP contribution in [0.15, 0.2) is 18.2 Å². The lowest BCUT2D eigenvalue weighted by atomic mass is 10.3. The van der Waals surface area contributed by atoms with E-state index in [4.69, 9.17) is 27.9 Å². The first-order valence-electron chi connectivity index (χ1n) is 6.34. The third-order valence-electron chi connectivity index (χ3n) is 2.67. The van der Waals surface area contributed by atoms with Crippen molar-refractivity contribution in [2.75, 3.05) is 19.0 Å². The number of anilines is 1. The summed E-state index contributed by atoms with van der Waals surface area (Å²) >= 11 is 12.8. The van der Waals surface area contributed by atoms with E-state index in [1.807, 2.05) is 0 Å². The number of benzene rings is 1. The van der Waals surface area contributed by atoms with Crippen LogP contribution in [0.4, 0.5) is 5.13 Å². The van der Waals surface area contributed by atoms with Gasteiger partial charge in [-0.2, -0.15) is 0 Å². The molecule has 0 radical (unpaired) electrons. The Bertz CT molecular complexity index is 748. The third kappa shape index (κ3) is 4.57. The maximum atomic E-state index is 11.9. The van der Waals surface area contributed by atoms with Gasteiger partial charge in [0.15, 0.2) is 11.7 Å². The van der Waals surface area contributed by atoms with Gasteiger partial charge in [0.05, 0.1) is 17.8 Å². The molecule has 0 bridgehead atoms. The minimum Gasteiger partial charge on any atom is -0.482 e. The molecule has 1 aromatic heterocycles. The van der Waals surface area contributed by atoms with Gasteiger partial charge in [0.2, 0.25) is 0 Å². The molecule has 23 heavy (non-hydrogen) atoms. The quantitative estimate of drug-likeness (QED) is 0.809. The van der Waals surface area contributed by atoms with Gasteiger partial charge >= 0.3 is 5.97 Å². The number of amides is 1. The van der Waals surface area contributed by atoms with Gasteiger partial charge in [-0.15, -0.1) is 0 Å². The van der Waals surface area contributed by atoms with Crippen molar-refractivity contribution in [2.45, 2.75) is 6.92 Å². The number of rotatable bonds is 5. The number of esters is 1. The van der Waals surface area contributed by atoms with Crippen LogP contribution in [0, 0.1) is 6.92 Å². The highest BCUT2D eigenvalue weighted by atomic mass is 35.5. The first-order chi connectivity index (χ1) is 10.9. The van der Waals surface area contributed by atoms with E-state index in [0.29, 0.717) is 31.5 Å². The Labute approximate surface area is 146 Å². The summed E-state index contributed by atoms with van der Waals surface area (Å²) in [5.41, 5.74) is 0.485. The van der Waals surface area contributed by atoms with Crippen molar-refractivity contribution in [3.63, 3.8) is 0 Å². The molecule has 9 heteroatoms. The van der Waals surface area contributed by atoms with Crippen molar-refractivity contribution in [1.29, 1.82) is 0 Å². The molecule has 0 aliphatic carbocycles. The zero-order valence-corrected chi connectivity index (χ0v) is 14.5. The van der Waals surface area contributed by atoms with Crippen molar-refractivity contribution in [3.05, 3.63) is 38.8 Å². The molecule has 1 amide bonds. The maximum absolute atomic E-state index is 11.9. The Hall–Kier alpha value is -1.83. The van der Waals surface area contributed by atoms with Crippen LogP contribution in [0.2, 0.25) is 10.0 Å². The summed E-state index contributed by atoms with van der Waals surface area (Å²) in [6, 6.07) is 4.69. The largest absolute Gasteiger partial charge is 0.482 e. The van der Waals surface area contributed by atoms with Crippen molar-refractivity contribution in [1.82, 2.24) is 4.98 Å². The molecule has 2 rings (SSSR count). The molecule has 6 nitrogen and oxygen atoms in total. The minimum absolute atomic E-state index is 0.256. The molecule has 1 N–H and O–H groups in total. The first-order valence-corrected chi connectivity index (χ1v) is 7.91. The topological polar surface area (TPSA) is 77.5 Å². The molecule has 0 unspecified atom stereocenters. The molecular weight excluding hydrogens is 363 g/mol. The standard InChI is InChI=1S/C14H12Cl2N2O4S/c1-7-12(13(20)21-2)23-14(17-7)18-11(19)6-22-10-4-3-8(15)5-9(10)16/h3-5H,6H2,1-2H3,(H,17,18,19). The van der Waals surface area contributed by atoms with Gasteiger partial charge in [0, 0.05) is 5.02 Å². The molecule has 0 aliphatic rings. The Morgan fingerprint density at radius 1 is 1.35 bits per heavy atom. The van der Waals surface area contributed by atoms with Gasteiger partial charge in [-0.25, -0.2) is 9.78 Å². The summed E-state index contributed by atoms with van der Waals surface area (Å²) < 4.78 is 9.95. The van der Waals surface area contributed by atoms with E-state index in [2.05, 4.69) is 15.0 Å². The minimum atomic E-state index is -0.496. The predicted molar refractivity (Wildman–Crippen MR) is 88.8 cm³/mol. The molecule has 0 aliphatic heterocycles. The van der Waals surface area contributed by atoms with Gasteiger partial charge in [-0.3, -0.25) is 10.1 Å². The fourth-order valence-electron chi connectivity index (χ4n) is 1.62. The number of thiazole rings is 1. The molecular formula is C14H12Cl2N2O4S. The number of nitrogens with zero attached hydrogens (tertiary/aromatic N) is 1. The lowest BCUT2D eigenvalue weighted by molar-refractivity contribution is -0.118. The molecule has 1 heterocycles. The second-order valence-electron chi connectivity index (χ2n) is 4.34. The predicted octanol–water partition coefficient (Wildman–Crippen LogP) is 3.56. The number of halogens is 2. The van der Waals surface area contributed by atoms with Crippen LogP contribution in [0.25, 0.3) is 0 Å². The average Bonchev–Trinajstić information content (AvgIpc) is 2.86. The highest BCUT2D eigenvalue weighted by molar-refractivity contribution is 7.17. The Morgan fingerprint density at radius 3 is 2.74 bits per heavy atom. The molecule has 0 saturated heterocycles. The van der Waals surface area contributed by atoms with E-state index < -0.39 is 11.9 Å². The molecule has 2 aromatic rings. The van der Waals surface area contributed by atoms with Crippen LogP contribution >= 0.6 is 34.5 Å². The number of ether oxygens (including phenoxy) is 2. The number of nitrogens with one attached hydrogen (secondary N) is 1. The van der Waals surface area contributed by atoms with E-state index in [0.717, 1.165) is 11.3 Å². The van der Waals surface area contributed by atoms with Crippen LogP contribution in [0.1, 0.15) is 15.4 Å². The summed E-state index contributed by atoms with van der Waals surface area (Å²) in [4.78, 5) is 27.8. The highest BCUT2D eigenvalue weighted by Crippen LogP contribution is 2.27. The number of hydrogen-bond donors (Lipinski definition) is 1. The fourth-order valence-corrected chi connectivity index (χ4v) is 2.99. The summed E-state index contributed by atoms with van der Waals surface area (Å²) in [6.07, 6.45) is 0. The number of carbonyl (C=O) groups excluding carboxylic acids is 2. The first kappa shape index (κ1) is 17.5. The number of carbonyl (C=O) groups is 2. The second-order valence-corrected chi connectivity index (χ2v) is 6.18. The second kappa shape index (κ2) is 7.63. The fraction of sp³-hybridized carbons (Fsp3) is 0.214. The van der Waals surface area contributed by atoms with E-state index in [1.165, 1.54) is 13.2 Å². The summed E-state index contributed by atoms with van der Waals surface area (Å²) in [5, 5.41) is 3.62. The van der Waals surface area contributed by atoms with E-state index >= 15 is 0 Å². The number of methoxy groups -OCH3 is 1. The van der Waals surface area contributed by atoms with Crippen molar-refractivity contribution in [2.24, 2.45) is 0 Å². The number of aromatic nitrogens is 1. The van der Waals surface area contributed by atoms with Crippen LogP contribution in [-0.2, 0) is 9.53 Å². The van der Waals surface area contributed by atoms with Crippen molar-refractivity contribution >= 4 is 51.5 Å². The van der Waals surface area contributed by atoms with Crippen molar-refractivity contribution < 1.29 is 19.1 Å². The van der Waals surface area contributed by atoms with Gasteiger partial charge in [-0.05, 0) is 25.1 Å². The lowest BCUT2D eigenvalue weighted by Gasteiger charge is -2.07. The van der Waals surface area contributed by atoms with Gasteiger partial charge in [-0.1, -0.05) is 34.5 Å². The summed E-state index contributed by atoms with van der Waals surface area (Å²) in [6.45, 7) is 1.40. The van der Waals surface area contributed by atoms with Crippen LogP contribution in [0.3, 0.4) is 0 Å². The molecule has 0 fully saturated rings. The van der Waals surface area contributed by atoms with E-state index in [1.54, 1.807) is 19.1 Å². The average molecular weight is 375 g/mol. The van der Waals surface area contributed by atoms with Crippen LogP contribution in [0.5, 0.6) is 5.75 Å². The smallest absolute Gasteiger partial charge is 0.350 e. The monoisotopic (exact) mass is 374 g/mol. The molecule has 122 valence electrons. The summed E-state index contributed by atoms with van der Waals surface area (Å²) in [7, 11) is 1.28. The zero-order valence-electron chi connectivity index (χ0n) is 12.2. The van der Waals surface area contributed by atoms with Crippen LogP contribution in [-0.4, -0.2) is 30.6 Å². The number of aryl methyl sites for hydroxylation is 1. The highest BCUT2D eigenvalue weighted by Gasteiger charge is 2.17. The SMILES string of the molecule is COC(=O)c1sc(NC(=O)COc2ccc(Cl)cc2Cl)nc1C.